The normalized spacial score (nSPS) is 11.0. The third-order valence-corrected chi connectivity index (χ3v) is 13.1. The lowest BCUT2D eigenvalue weighted by Gasteiger charge is -2.27. The summed E-state index contributed by atoms with van der Waals surface area (Å²) in [5.74, 6) is 2.69. The van der Waals surface area contributed by atoms with Crippen LogP contribution in [0.1, 0.15) is 36.0 Å². The number of ether oxygens (including phenoxy) is 3. The first-order chi connectivity index (χ1) is 22.1. The standard InChI is InChI=1S/C40H43O4P.BrH/c1-31-39(42-2)27-25-33(40(31)43-3)17-15-16-32-24-26-34(30-38(32)41)44-28-13-14-29-45(35-18-7-4-8-19-35,36-20-9-5-10-21-36)37-22-11-6-12-23-37;/h4-12,18-27,30H,13-17,28-29H2,1-3H3;1H. The molecule has 4 nitrogen and oxygen atoms in total. The molecular formula is C40H44BrO4P. The summed E-state index contributed by atoms with van der Waals surface area (Å²) in [6.07, 6.45) is 5.54. The van der Waals surface area contributed by atoms with Crippen LogP contribution >= 0.6 is 7.26 Å². The summed E-state index contributed by atoms with van der Waals surface area (Å²) >= 11 is 0. The minimum atomic E-state index is -1.84. The van der Waals surface area contributed by atoms with Gasteiger partial charge in [0.25, 0.3) is 0 Å². The third kappa shape index (κ3) is 8.13. The molecule has 0 saturated carbocycles. The molecule has 0 aromatic heterocycles. The number of unbranched alkanes of at least 4 members (excludes halogenated alkanes) is 1. The molecule has 0 atom stereocenters. The Bertz CT molecular complexity index is 1550. The summed E-state index contributed by atoms with van der Waals surface area (Å²) in [4.78, 5) is 0. The minimum Gasteiger partial charge on any atom is -1.00 e. The summed E-state index contributed by atoms with van der Waals surface area (Å²) < 4.78 is 17.2. The number of halogens is 1. The predicted octanol–water partition coefficient (Wildman–Crippen LogP) is 5.05. The molecule has 240 valence electrons. The van der Waals surface area contributed by atoms with E-state index in [0.717, 1.165) is 66.5 Å². The van der Waals surface area contributed by atoms with Crippen molar-refractivity contribution in [2.24, 2.45) is 0 Å². The van der Waals surface area contributed by atoms with Crippen LogP contribution in [0.25, 0.3) is 0 Å². The largest absolute Gasteiger partial charge is 1.00 e. The molecule has 6 heteroatoms. The lowest BCUT2D eigenvalue weighted by Crippen LogP contribution is -3.00. The van der Waals surface area contributed by atoms with E-state index in [1.54, 1.807) is 20.3 Å². The Morgan fingerprint density at radius 1 is 0.609 bits per heavy atom. The first kappa shape index (κ1) is 35.1. The van der Waals surface area contributed by atoms with Gasteiger partial charge in [0.2, 0.25) is 0 Å². The minimum absolute atomic E-state index is 0. The third-order valence-electron chi connectivity index (χ3n) is 8.56. The topological polar surface area (TPSA) is 47.9 Å². The molecule has 0 aliphatic carbocycles. The van der Waals surface area contributed by atoms with Gasteiger partial charge >= 0.3 is 0 Å². The van der Waals surface area contributed by atoms with E-state index in [9.17, 15) is 5.11 Å². The molecule has 5 aromatic rings. The van der Waals surface area contributed by atoms with Crippen molar-refractivity contribution in [3.63, 3.8) is 0 Å². The van der Waals surface area contributed by atoms with Crippen LogP contribution in [0.4, 0.5) is 0 Å². The van der Waals surface area contributed by atoms with Crippen LogP contribution in [-0.4, -0.2) is 32.1 Å². The van der Waals surface area contributed by atoms with Gasteiger partial charge in [-0.3, -0.25) is 0 Å². The van der Waals surface area contributed by atoms with Crippen molar-refractivity contribution in [1.29, 1.82) is 0 Å². The van der Waals surface area contributed by atoms with Crippen molar-refractivity contribution in [3.8, 4) is 23.0 Å². The highest BCUT2D eigenvalue weighted by atomic mass is 79.9. The molecule has 0 aliphatic rings. The zero-order valence-electron chi connectivity index (χ0n) is 27.0. The number of aryl methyl sites for hydroxylation is 2. The second-order valence-corrected chi connectivity index (χ2v) is 14.9. The van der Waals surface area contributed by atoms with E-state index in [1.807, 2.05) is 25.1 Å². The predicted molar refractivity (Wildman–Crippen MR) is 189 cm³/mol. The number of methoxy groups -OCH3 is 2. The molecule has 5 aromatic carbocycles. The highest BCUT2D eigenvalue weighted by Crippen LogP contribution is 2.55. The number of hydrogen-bond acceptors (Lipinski definition) is 4. The molecule has 5 rings (SSSR count). The fourth-order valence-electron chi connectivity index (χ4n) is 6.27. The van der Waals surface area contributed by atoms with Crippen molar-refractivity contribution < 1.29 is 36.3 Å². The van der Waals surface area contributed by atoms with E-state index in [4.69, 9.17) is 14.2 Å². The SMILES string of the molecule is COc1ccc(CCCc2ccc(OCCCC[P+](c3ccccc3)(c3ccccc3)c3ccccc3)cc2O)c(OC)c1C.[Br-]. The maximum Gasteiger partial charge on any atom is 0.128 e. The fourth-order valence-corrected chi connectivity index (χ4v) is 10.7. The van der Waals surface area contributed by atoms with E-state index in [1.165, 1.54) is 15.9 Å². The van der Waals surface area contributed by atoms with Crippen LogP contribution in [0.5, 0.6) is 23.0 Å². The van der Waals surface area contributed by atoms with E-state index in [2.05, 4.69) is 97.1 Å². The number of rotatable bonds is 15. The summed E-state index contributed by atoms with van der Waals surface area (Å²) in [6, 6.07) is 42.8. The van der Waals surface area contributed by atoms with Crippen molar-refractivity contribution >= 4 is 23.2 Å². The quantitative estimate of drug-likeness (QED) is 0.123. The van der Waals surface area contributed by atoms with Crippen LogP contribution in [0.3, 0.4) is 0 Å². The Balaban J connectivity index is 0.00000480. The Labute approximate surface area is 285 Å². The Hall–Kier alpha value is -3.79. The zero-order valence-corrected chi connectivity index (χ0v) is 29.5. The van der Waals surface area contributed by atoms with Gasteiger partial charge in [-0.2, -0.15) is 0 Å². The van der Waals surface area contributed by atoms with Crippen LogP contribution in [0, 0.1) is 6.92 Å². The Morgan fingerprint density at radius 3 is 1.67 bits per heavy atom. The number of phenols is 1. The first-order valence-electron chi connectivity index (χ1n) is 15.8. The molecular weight excluding hydrogens is 655 g/mol. The fraction of sp³-hybridized carbons (Fsp3) is 0.250. The molecule has 0 spiro atoms. The van der Waals surface area contributed by atoms with Gasteiger partial charge in [0.15, 0.2) is 0 Å². The zero-order chi connectivity index (χ0) is 31.5. The molecule has 46 heavy (non-hydrogen) atoms. The molecule has 0 unspecified atom stereocenters. The summed E-state index contributed by atoms with van der Waals surface area (Å²) in [7, 11) is 1.54. The summed E-state index contributed by atoms with van der Waals surface area (Å²) in [5.41, 5.74) is 3.08. The van der Waals surface area contributed by atoms with E-state index >= 15 is 0 Å². The van der Waals surface area contributed by atoms with E-state index in [-0.39, 0.29) is 22.7 Å². The Morgan fingerprint density at radius 2 is 1.15 bits per heavy atom. The number of hydrogen-bond donors (Lipinski definition) is 1. The molecule has 0 amide bonds. The highest BCUT2D eigenvalue weighted by molar-refractivity contribution is 7.95. The van der Waals surface area contributed by atoms with Gasteiger partial charge in [-0.25, -0.2) is 0 Å². The van der Waals surface area contributed by atoms with Crippen molar-refractivity contribution in [2.45, 2.75) is 39.0 Å². The number of aromatic hydroxyl groups is 1. The number of benzene rings is 5. The van der Waals surface area contributed by atoms with Crippen molar-refractivity contribution in [2.75, 3.05) is 27.0 Å². The second-order valence-electron chi connectivity index (χ2n) is 11.3. The average molecular weight is 700 g/mol. The summed E-state index contributed by atoms with van der Waals surface area (Å²) in [6.45, 7) is 2.62. The van der Waals surface area contributed by atoms with Gasteiger partial charge in [-0.1, -0.05) is 66.7 Å². The van der Waals surface area contributed by atoms with E-state index in [0.29, 0.717) is 12.4 Å². The maximum atomic E-state index is 10.8. The lowest BCUT2D eigenvalue weighted by molar-refractivity contribution is -0.0000111. The van der Waals surface area contributed by atoms with Gasteiger partial charge in [-0.15, -0.1) is 0 Å². The molecule has 0 saturated heterocycles. The van der Waals surface area contributed by atoms with E-state index < -0.39 is 7.26 Å². The molecule has 0 aliphatic heterocycles. The second kappa shape index (κ2) is 17.2. The van der Waals surface area contributed by atoms with Crippen molar-refractivity contribution in [3.05, 3.63) is 138 Å². The molecule has 0 fully saturated rings. The first-order valence-corrected chi connectivity index (χ1v) is 17.7. The lowest BCUT2D eigenvalue weighted by atomic mass is 10.0. The molecule has 1 N–H and O–H groups in total. The molecule has 0 heterocycles. The number of phenolic OH excluding ortho intramolecular Hbond substituents is 1. The smallest absolute Gasteiger partial charge is 0.128 e. The van der Waals surface area contributed by atoms with Gasteiger partial charge in [0, 0.05) is 11.6 Å². The molecule has 0 radical (unpaired) electrons. The van der Waals surface area contributed by atoms with Crippen LogP contribution in [0.2, 0.25) is 0 Å². The molecule has 0 bridgehead atoms. The van der Waals surface area contributed by atoms with Gasteiger partial charge in [0.05, 0.1) is 27.0 Å². The van der Waals surface area contributed by atoms with Gasteiger partial charge in [0.1, 0.15) is 46.2 Å². The average Bonchev–Trinajstić information content (AvgIpc) is 3.09. The summed E-state index contributed by atoms with van der Waals surface area (Å²) in [5, 5.41) is 15.0. The van der Waals surface area contributed by atoms with Gasteiger partial charge in [-0.05, 0) is 98.7 Å². The monoisotopic (exact) mass is 698 g/mol. The Kier molecular flexibility index (Phi) is 13.1. The van der Waals surface area contributed by atoms with Gasteiger partial charge < -0.3 is 36.3 Å². The maximum absolute atomic E-state index is 10.8. The van der Waals surface area contributed by atoms with Crippen LogP contribution < -0.4 is 47.1 Å². The van der Waals surface area contributed by atoms with Crippen LogP contribution in [0.15, 0.2) is 121 Å². The van der Waals surface area contributed by atoms with Crippen molar-refractivity contribution in [1.82, 2.24) is 0 Å². The highest BCUT2D eigenvalue weighted by Gasteiger charge is 2.44. The van der Waals surface area contributed by atoms with Crippen LogP contribution in [-0.2, 0) is 12.8 Å².